The van der Waals surface area contributed by atoms with Crippen LogP contribution in [0.25, 0.3) is 0 Å². The molecule has 2 atom stereocenters. The molecule has 1 aromatic rings. The summed E-state index contributed by atoms with van der Waals surface area (Å²) in [7, 11) is 0. The monoisotopic (exact) mass is 253 g/mol. The van der Waals surface area contributed by atoms with Gasteiger partial charge in [-0.15, -0.1) is 0 Å². The number of nitrogens with one attached hydrogen (secondary N) is 1. The van der Waals surface area contributed by atoms with Crippen LogP contribution in [0, 0.1) is 5.82 Å². The van der Waals surface area contributed by atoms with Crippen LogP contribution in [-0.4, -0.2) is 23.6 Å². The second kappa shape index (κ2) is 6.41. The molecular formula is C14H20FNS. The lowest BCUT2D eigenvalue weighted by atomic mass is 10.1. The fraction of sp³-hybridized carbons (Fsp3) is 0.571. The molecule has 0 aliphatic carbocycles. The predicted molar refractivity (Wildman–Crippen MR) is 73.0 cm³/mol. The minimum Gasteiger partial charge on any atom is -0.310 e. The Kier molecular flexibility index (Phi) is 4.86. The molecule has 17 heavy (non-hydrogen) atoms. The normalized spacial score (nSPS) is 22.4. The van der Waals surface area contributed by atoms with Gasteiger partial charge in [0.05, 0.1) is 0 Å². The van der Waals surface area contributed by atoms with Crippen LogP contribution in [0.2, 0.25) is 0 Å². The highest BCUT2D eigenvalue weighted by molar-refractivity contribution is 7.99. The van der Waals surface area contributed by atoms with E-state index in [1.54, 1.807) is 12.1 Å². The molecule has 1 fully saturated rings. The average molecular weight is 253 g/mol. The van der Waals surface area contributed by atoms with E-state index in [1.807, 2.05) is 17.8 Å². The van der Waals surface area contributed by atoms with E-state index >= 15 is 0 Å². The van der Waals surface area contributed by atoms with Gasteiger partial charge in [-0.25, -0.2) is 4.39 Å². The number of benzene rings is 1. The van der Waals surface area contributed by atoms with Crippen LogP contribution in [0.15, 0.2) is 24.3 Å². The summed E-state index contributed by atoms with van der Waals surface area (Å²) in [6, 6.07) is 7.97. The Labute approximate surface area is 107 Å². The van der Waals surface area contributed by atoms with E-state index in [0.717, 1.165) is 12.0 Å². The summed E-state index contributed by atoms with van der Waals surface area (Å²) in [4.78, 5) is 0. The van der Waals surface area contributed by atoms with Crippen molar-refractivity contribution in [3.8, 4) is 0 Å². The Bertz CT molecular complexity index is 350. The summed E-state index contributed by atoms with van der Waals surface area (Å²) >= 11 is 2.03. The molecule has 1 aromatic carbocycles. The first-order valence-corrected chi connectivity index (χ1v) is 7.48. The van der Waals surface area contributed by atoms with E-state index in [1.165, 1.54) is 30.4 Å². The molecule has 2 rings (SSSR count). The third-order valence-electron chi connectivity index (χ3n) is 3.11. The second-order valence-electron chi connectivity index (χ2n) is 4.82. The van der Waals surface area contributed by atoms with Gasteiger partial charge in [0.1, 0.15) is 5.82 Å². The summed E-state index contributed by atoms with van der Waals surface area (Å²) in [6.07, 6.45) is 3.49. The average Bonchev–Trinajstić information content (AvgIpc) is 2.30. The zero-order valence-electron chi connectivity index (χ0n) is 10.3. The van der Waals surface area contributed by atoms with Crippen molar-refractivity contribution in [2.24, 2.45) is 0 Å². The maximum absolute atomic E-state index is 13.1. The summed E-state index contributed by atoms with van der Waals surface area (Å²) in [6.45, 7) is 2.18. The van der Waals surface area contributed by atoms with Crippen molar-refractivity contribution in [1.29, 1.82) is 0 Å². The quantitative estimate of drug-likeness (QED) is 0.884. The Balaban J connectivity index is 1.82. The van der Waals surface area contributed by atoms with Gasteiger partial charge >= 0.3 is 0 Å². The first-order chi connectivity index (χ1) is 8.24. The van der Waals surface area contributed by atoms with Crippen LogP contribution in [0.3, 0.4) is 0 Å². The maximum atomic E-state index is 13.1. The van der Waals surface area contributed by atoms with Crippen LogP contribution >= 0.6 is 11.8 Å². The molecule has 0 saturated carbocycles. The Morgan fingerprint density at radius 1 is 1.53 bits per heavy atom. The summed E-state index contributed by atoms with van der Waals surface area (Å²) in [5.41, 5.74) is 1.08. The molecule has 1 heterocycles. The van der Waals surface area contributed by atoms with E-state index in [-0.39, 0.29) is 5.82 Å². The fourth-order valence-corrected chi connectivity index (χ4v) is 3.44. The number of rotatable bonds is 4. The predicted octanol–water partition coefficient (Wildman–Crippen LogP) is 3.24. The lowest BCUT2D eigenvalue weighted by molar-refractivity contribution is 0.440. The topological polar surface area (TPSA) is 12.0 Å². The Morgan fingerprint density at radius 3 is 3.12 bits per heavy atom. The van der Waals surface area contributed by atoms with E-state index in [9.17, 15) is 4.39 Å². The third kappa shape index (κ3) is 4.32. The van der Waals surface area contributed by atoms with Crippen molar-refractivity contribution in [3.05, 3.63) is 35.6 Å². The highest BCUT2D eigenvalue weighted by Gasteiger charge is 2.15. The molecule has 0 radical (unpaired) electrons. The van der Waals surface area contributed by atoms with Gasteiger partial charge in [-0.3, -0.25) is 0 Å². The van der Waals surface area contributed by atoms with Crippen molar-refractivity contribution < 1.29 is 4.39 Å². The zero-order valence-corrected chi connectivity index (χ0v) is 11.1. The lowest BCUT2D eigenvalue weighted by Crippen LogP contribution is -2.40. The number of hydrogen-bond donors (Lipinski definition) is 1. The van der Waals surface area contributed by atoms with Gasteiger partial charge in [0.2, 0.25) is 0 Å². The van der Waals surface area contributed by atoms with Crippen molar-refractivity contribution in [2.45, 2.75) is 38.3 Å². The molecule has 1 N–H and O–H groups in total. The molecule has 94 valence electrons. The van der Waals surface area contributed by atoms with E-state index in [4.69, 9.17) is 0 Å². The summed E-state index contributed by atoms with van der Waals surface area (Å²) < 4.78 is 13.1. The van der Waals surface area contributed by atoms with Crippen molar-refractivity contribution in [2.75, 3.05) is 11.5 Å². The van der Waals surface area contributed by atoms with Crippen LogP contribution in [0.4, 0.5) is 4.39 Å². The Morgan fingerprint density at radius 2 is 2.41 bits per heavy atom. The molecule has 0 spiro atoms. The van der Waals surface area contributed by atoms with Gasteiger partial charge in [-0.2, -0.15) is 11.8 Å². The number of hydrogen-bond acceptors (Lipinski definition) is 2. The largest absolute Gasteiger partial charge is 0.310 e. The molecule has 1 nitrogen and oxygen atoms in total. The summed E-state index contributed by atoms with van der Waals surface area (Å²) in [5.74, 6) is 2.38. The van der Waals surface area contributed by atoms with Gasteiger partial charge in [0.25, 0.3) is 0 Å². The van der Waals surface area contributed by atoms with Crippen molar-refractivity contribution >= 4 is 11.8 Å². The molecular weight excluding hydrogens is 233 g/mol. The van der Waals surface area contributed by atoms with Gasteiger partial charge in [0, 0.05) is 17.8 Å². The van der Waals surface area contributed by atoms with Crippen molar-refractivity contribution in [1.82, 2.24) is 5.32 Å². The maximum Gasteiger partial charge on any atom is 0.123 e. The highest BCUT2D eigenvalue weighted by atomic mass is 32.2. The van der Waals surface area contributed by atoms with Gasteiger partial charge < -0.3 is 5.32 Å². The Hall–Kier alpha value is -0.540. The molecule has 1 aliphatic heterocycles. The minimum absolute atomic E-state index is 0.136. The third-order valence-corrected chi connectivity index (χ3v) is 4.33. The van der Waals surface area contributed by atoms with Crippen LogP contribution in [0.1, 0.15) is 25.3 Å². The first-order valence-electron chi connectivity index (χ1n) is 6.32. The smallest absolute Gasteiger partial charge is 0.123 e. The molecule has 1 aliphatic rings. The van der Waals surface area contributed by atoms with Gasteiger partial charge in [0.15, 0.2) is 0 Å². The molecule has 0 bridgehead atoms. The van der Waals surface area contributed by atoms with Gasteiger partial charge in [-0.1, -0.05) is 12.1 Å². The summed E-state index contributed by atoms with van der Waals surface area (Å²) in [5, 5.41) is 3.64. The number of halogens is 1. The second-order valence-corrected chi connectivity index (χ2v) is 5.97. The van der Waals surface area contributed by atoms with E-state index < -0.39 is 0 Å². The molecule has 3 heteroatoms. The fourth-order valence-electron chi connectivity index (χ4n) is 2.35. The molecule has 2 unspecified atom stereocenters. The standard InChI is InChI=1S/C14H20FNS/c1-11(16-14-6-3-7-17-10-14)8-12-4-2-5-13(15)9-12/h2,4-5,9,11,14,16H,3,6-8,10H2,1H3. The SMILES string of the molecule is CC(Cc1cccc(F)c1)NC1CCCSC1. The van der Waals surface area contributed by atoms with E-state index in [0.29, 0.717) is 12.1 Å². The zero-order chi connectivity index (χ0) is 12.1. The first kappa shape index (κ1) is 12.9. The minimum atomic E-state index is -0.136. The van der Waals surface area contributed by atoms with Crippen molar-refractivity contribution in [3.63, 3.8) is 0 Å². The molecule has 1 saturated heterocycles. The van der Waals surface area contributed by atoms with Crippen LogP contribution in [0.5, 0.6) is 0 Å². The number of thioether (sulfide) groups is 1. The van der Waals surface area contributed by atoms with Gasteiger partial charge in [-0.05, 0) is 49.6 Å². The highest BCUT2D eigenvalue weighted by Crippen LogP contribution is 2.17. The van der Waals surface area contributed by atoms with Crippen LogP contribution < -0.4 is 5.32 Å². The van der Waals surface area contributed by atoms with E-state index in [2.05, 4.69) is 12.2 Å². The molecule has 0 amide bonds. The lowest BCUT2D eigenvalue weighted by Gasteiger charge is -2.26. The molecule has 0 aromatic heterocycles. The van der Waals surface area contributed by atoms with Crippen LogP contribution in [-0.2, 0) is 6.42 Å².